The Bertz CT molecular complexity index is 475. The number of nitrogens with two attached hydrogens (primary N) is 1. The number of aliphatic hydroxyl groups excluding tert-OH is 1. The Kier molecular flexibility index (Phi) is 4.76. The lowest BCUT2D eigenvalue weighted by Crippen LogP contribution is -2.41. The van der Waals surface area contributed by atoms with Gasteiger partial charge in [0, 0.05) is 6.07 Å². The fourth-order valence-corrected chi connectivity index (χ4v) is 1.68. The number of nitrogens with zero attached hydrogens (tertiary/aromatic N) is 1. The summed E-state index contributed by atoms with van der Waals surface area (Å²) in [6.45, 7) is 5.97. The molecule has 104 valence electrons. The van der Waals surface area contributed by atoms with E-state index in [0.717, 1.165) is 0 Å². The maximum atomic E-state index is 9.95. The van der Waals surface area contributed by atoms with Gasteiger partial charge in [-0.1, -0.05) is 20.8 Å². The Hall–Kier alpha value is -1.77. The number of phenolic OH excluding ortho intramolecular Hbond substituents is 1. The highest BCUT2D eigenvalue weighted by Gasteiger charge is 2.24. The summed E-state index contributed by atoms with van der Waals surface area (Å²) in [6.07, 6.45) is -1.27. The van der Waals surface area contributed by atoms with Crippen molar-refractivity contribution < 1.29 is 14.9 Å². The van der Waals surface area contributed by atoms with Crippen LogP contribution in [0.2, 0.25) is 0 Å². The molecule has 0 saturated carbocycles. The van der Waals surface area contributed by atoms with Gasteiger partial charge in [0.05, 0.1) is 5.56 Å². The maximum Gasteiger partial charge on any atom is 0.173 e. The standard InChI is InChI=1S/C14H20N2O3/c1-14(2,3)7-11(18)13(16)19-12-5-4-10(17)6-9(12)8-15/h4-6,11,13,17-18H,7,16H2,1-3H3. The van der Waals surface area contributed by atoms with Gasteiger partial charge in [0.2, 0.25) is 0 Å². The molecule has 0 aliphatic heterocycles. The van der Waals surface area contributed by atoms with Gasteiger partial charge in [-0.3, -0.25) is 5.73 Å². The summed E-state index contributed by atoms with van der Waals surface area (Å²) in [7, 11) is 0. The van der Waals surface area contributed by atoms with Crippen LogP contribution in [0.4, 0.5) is 0 Å². The summed E-state index contributed by atoms with van der Waals surface area (Å²) in [4.78, 5) is 0. The van der Waals surface area contributed by atoms with E-state index in [-0.39, 0.29) is 22.5 Å². The third kappa shape index (κ3) is 4.78. The lowest BCUT2D eigenvalue weighted by atomic mass is 9.89. The minimum absolute atomic E-state index is 0.0206. The molecule has 1 aromatic carbocycles. The van der Waals surface area contributed by atoms with Crippen LogP contribution in [-0.4, -0.2) is 22.5 Å². The molecule has 0 spiro atoms. The molecule has 5 nitrogen and oxygen atoms in total. The molecule has 2 unspecified atom stereocenters. The Morgan fingerprint density at radius 2 is 2.05 bits per heavy atom. The zero-order valence-electron chi connectivity index (χ0n) is 11.4. The van der Waals surface area contributed by atoms with E-state index in [0.29, 0.717) is 6.42 Å². The van der Waals surface area contributed by atoms with Gasteiger partial charge in [0.1, 0.15) is 23.7 Å². The number of benzene rings is 1. The topological polar surface area (TPSA) is 99.5 Å². The molecule has 0 saturated heterocycles. The molecule has 2 atom stereocenters. The van der Waals surface area contributed by atoms with Crippen molar-refractivity contribution in [3.8, 4) is 17.6 Å². The average Bonchev–Trinajstić information content (AvgIpc) is 2.29. The fraction of sp³-hybridized carbons (Fsp3) is 0.500. The SMILES string of the molecule is CC(C)(C)CC(O)C(N)Oc1ccc(O)cc1C#N. The number of aromatic hydroxyl groups is 1. The summed E-state index contributed by atoms with van der Waals surface area (Å²) >= 11 is 0. The first-order valence-electron chi connectivity index (χ1n) is 6.06. The van der Waals surface area contributed by atoms with E-state index in [2.05, 4.69) is 0 Å². The van der Waals surface area contributed by atoms with Crippen LogP contribution in [0.5, 0.6) is 11.5 Å². The molecule has 5 heteroatoms. The van der Waals surface area contributed by atoms with E-state index in [1.54, 1.807) is 0 Å². The summed E-state index contributed by atoms with van der Waals surface area (Å²) in [5.41, 5.74) is 5.88. The van der Waals surface area contributed by atoms with Gasteiger partial charge in [0.15, 0.2) is 6.23 Å². The zero-order valence-corrected chi connectivity index (χ0v) is 11.4. The summed E-state index contributed by atoms with van der Waals surface area (Å²) in [5, 5.41) is 28.2. The molecule has 0 amide bonds. The summed E-state index contributed by atoms with van der Waals surface area (Å²) in [5.74, 6) is 0.230. The minimum Gasteiger partial charge on any atom is -0.508 e. The van der Waals surface area contributed by atoms with Crippen molar-refractivity contribution >= 4 is 0 Å². The zero-order chi connectivity index (χ0) is 14.6. The molecule has 19 heavy (non-hydrogen) atoms. The second kappa shape index (κ2) is 5.91. The summed E-state index contributed by atoms with van der Waals surface area (Å²) in [6, 6.07) is 6.05. The molecular weight excluding hydrogens is 244 g/mol. The highest BCUT2D eigenvalue weighted by Crippen LogP contribution is 2.26. The monoisotopic (exact) mass is 264 g/mol. The summed E-state index contributed by atoms with van der Waals surface area (Å²) < 4.78 is 5.39. The minimum atomic E-state index is -0.920. The van der Waals surface area contributed by atoms with Crippen molar-refractivity contribution in [2.45, 2.75) is 39.5 Å². The second-order valence-corrected chi connectivity index (χ2v) is 5.71. The molecule has 0 fully saturated rings. The first kappa shape index (κ1) is 15.3. The Labute approximate surface area is 113 Å². The number of rotatable bonds is 4. The van der Waals surface area contributed by atoms with Crippen LogP contribution < -0.4 is 10.5 Å². The number of hydrogen-bond acceptors (Lipinski definition) is 5. The first-order chi connectivity index (χ1) is 8.73. The van der Waals surface area contributed by atoms with E-state index < -0.39 is 12.3 Å². The van der Waals surface area contributed by atoms with Crippen molar-refractivity contribution in [1.82, 2.24) is 0 Å². The van der Waals surface area contributed by atoms with Crippen molar-refractivity contribution in [1.29, 1.82) is 5.26 Å². The average molecular weight is 264 g/mol. The van der Waals surface area contributed by atoms with Gasteiger partial charge >= 0.3 is 0 Å². The van der Waals surface area contributed by atoms with E-state index >= 15 is 0 Å². The first-order valence-corrected chi connectivity index (χ1v) is 6.06. The van der Waals surface area contributed by atoms with Gasteiger partial charge < -0.3 is 14.9 Å². The van der Waals surface area contributed by atoms with Crippen LogP contribution in [0, 0.1) is 16.7 Å². The van der Waals surface area contributed by atoms with Crippen LogP contribution >= 0.6 is 0 Å². The predicted octanol–water partition coefficient (Wildman–Crippen LogP) is 1.72. The maximum absolute atomic E-state index is 9.95. The van der Waals surface area contributed by atoms with Crippen LogP contribution in [0.3, 0.4) is 0 Å². The molecule has 0 heterocycles. The Morgan fingerprint density at radius 3 is 2.58 bits per heavy atom. The van der Waals surface area contributed by atoms with Gasteiger partial charge in [-0.2, -0.15) is 5.26 Å². The molecular formula is C14H20N2O3. The highest BCUT2D eigenvalue weighted by molar-refractivity contribution is 5.47. The van der Waals surface area contributed by atoms with Crippen molar-refractivity contribution in [3.05, 3.63) is 23.8 Å². The van der Waals surface area contributed by atoms with Crippen molar-refractivity contribution in [2.75, 3.05) is 0 Å². The second-order valence-electron chi connectivity index (χ2n) is 5.71. The Morgan fingerprint density at radius 1 is 1.42 bits per heavy atom. The smallest absolute Gasteiger partial charge is 0.173 e. The molecule has 1 rings (SSSR count). The van der Waals surface area contributed by atoms with E-state index in [4.69, 9.17) is 15.7 Å². The van der Waals surface area contributed by atoms with Crippen molar-refractivity contribution in [2.24, 2.45) is 11.1 Å². The quantitative estimate of drug-likeness (QED) is 0.719. The van der Waals surface area contributed by atoms with Gasteiger partial charge in [-0.25, -0.2) is 0 Å². The van der Waals surface area contributed by atoms with Crippen LogP contribution in [0.25, 0.3) is 0 Å². The fourth-order valence-electron chi connectivity index (χ4n) is 1.68. The van der Waals surface area contributed by atoms with Crippen LogP contribution in [0.1, 0.15) is 32.8 Å². The lowest BCUT2D eigenvalue weighted by molar-refractivity contribution is 0.0140. The largest absolute Gasteiger partial charge is 0.508 e. The molecule has 0 bridgehead atoms. The van der Waals surface area contributed by atoms with Crippen molar-refractivity contribution in [3.63, 3.8) is 0 Å². The number of phenols is 1. The highest BCUT2D eigenvalue weighted by atomic mass is 16.5. The number of hydrogen-bond donors (Lipinski definition) is 3. The molecule has 0 aromatic heterocycles. The molecule has 1 aromatic rings. The number of nitriles is 1. The van der Waals surface area contributed by atoms with Gasteiger partial charge in [-0.05, 0) is 24.0 Å². The van der Waals surface area contributed by atoms with E-state index in [1.165, 1.54) is 18.2 Å². The van der Waals surface area contributed by atoms with Gasteiger partial charge in [-0.15, -0.1) is 0 Å². The third-order valence-corrected chi connectivity index (χ3v) is 2.55. The third-order valence-electron chi connectivity index (χ3n) is 2.55. The predicted molar refractivity (Wildman–Crippen MR) is 71.5 cm³/mol. The van der Waals surface area contributed by atoms with Crippen LogP contribution in [-0.2, 0) is 0 Å². The molecule has 0 aliphatic carbocycles. The number of aliphatic hydroxyl groups is 1. The molecule has 4 N–H and O–H groups in total. The lowest BCUT2D eigenvalue weighted by Gasteiger charge is -2.27. The Balaban J connectivity index is 2.77. The number of ether oxygens (including phenoxy) is 1. The van der Waals surface area contributed by atoms with E-state index in [1.807, 2.05) is 26.8 Å². The van der Waals surface area contributed by atoms with Gasteiger partial charge in [0.25, 0.3) is 0 Å². The van der Waals surface area contributed by atoms with Crippen LogP contribution in [0.15, 0.2) is 18.2 Å². The molecule has 0 radical (unpaired) electrons. The molecule has 0 aliphatic rings. The normalized spacial score (nSPS) is 14.5. The van der Waals surface area contributed by atoms with E-state index in [9.17, 15) is 10.2 Å².